The Balaban J connectivity index is 2.94. The van der Waals surface area contributed by atoms with E-state index in [9.17, 15) is 19.5 Å². The summed E-state index contributed by atoms with van der Waals surface area (Å²) in [6.45, 7) is 4.82. The topological polar surface area (TPSA) is 161 Å². The number of likely N-dealkylation sites (tertiary alicyclic amines) is 1. The van der Waals surface area contributed by atoms with Gasteiger partial charge in [-0.05, 0) is 18.4 Å². The summed E-state index contributed by atoms with van der Waals surface area (Å²) >= 11 is 0. The lowest BCUT2D eigenvalue weighted by Crippen LogP contribution is -2.53. The van der Waals surface area contributed by atoms with Gasteiger partial charge in [0.2, 0.25) is 17.7 Å². The van der Waals surface area contributed by atoms with Crippen LogP contribution in [0.4, 0.5) is 0 Å². The van der Waals surface area contributed by atoms with Gasteiger partial charge in [-0.1, -0.05) is 19.0 Å². The van der Waals surface area contributed by atoms with Crippen LogP contribution in [0.25, 0.3) is 10.4 Å². The zero-order valence-electron chi connectivity index (χ0n) is 13.3. The highest BCUT2D eigenvalue weighted by Crippen LogP contribution is 2.22. The number of carbonyl (C=O) groups is 3. The summed E-state index contributed by atoms with van der Waals surface area (Å²) in [6.07, 6.45) is -0.818. The number of aliphatic hydroxyl groups excluding tert-OH is 1. The van der Waals surface area contributed by atoms with Crippen LogP contribution in [0.1, 0.15) is 27.2 Å². The molecule has 0 aromatic rings. The largest absolute Gasteiger partial charge is 0.391 e. The van der Waals surface area contributed by atoms with Crippen LogP contribution >= 0.6 is 0 Å². The number of β-amino-alcohol motifs (C(OH)–C–C–N with tert-alkyl or cyclic N) is 1. The molecule has 4 atom stereocenters. The summed E-state index contributed by atoms with van der Waals surface area (Å²) < 4.78 is 0. The Morgan fingerprint density at radius 1 is 1.39 bits per heavy atom. The van der Waals surface area contributed by atoms with Crippen molar-refractivity contribution in [1.82, 2.24) is 10.2 Å². The number of azide groups is 1. The van der Waals surface area contributed by atoms with Crippen molar-refractivity contribution >= 4 is 17.7 Å². The molecule has 0 aliphatic carbocycles. The SMILES string of the molecule is CC(C)C(N=[N+]=[N-])C(=O)N1C[C@H](O)C[C@H]1C(=O)N[C@H](C)C(N)=O. The van der Waals surface area contributed by atoms with Crippen LogP contribution in [0, 0.1) is 5.92 Å². The van der Waals surface area contributed by atoms with E-state index in [0.29, 0.717) is 0 Å². The molecule has 10 nitrogen and oxygen atoms in total. The molecule has 4 N–H and O–H groups in total. The highest BCUT2D eigenvalue weighted by Gasteiger charge is 2.41. The molecule has 1 unspecified atom stereocenters. The first-order valence-corrected chi connectivity index (χ1v) is 7.31. The Bertz CT molecular complexity index is 531. The van der Waals surface area contributed by atoms with Crippen LogP contribution in [0.5, 0.6) is 0 Å². The number of nitrogens with one attached hydrogen (secondary N) is 1. The smallest absolute Gasteiger partial charge is 0.243 e. The Morgan fingerprint density at radius 3 is 2.48 bits per heavy atom. The molecular formula is C13H22N6O4. The van der Waals surface area contributed by atoms with Crippen LogP contribution in [0.15, 0.2) is 5.11 Å². The van der Waals surface area contributed by atoms with E-state index in [1.54, 1.807) is 13.8 Å². The van der Waals surface area contributed by atoms with Crippen molar-refractivity contribution < 1.29 is 19.5 Å². The van der Waals surface area contributed by atoms with E-state index in [1.807, 2.05) is 0 Å². The van der Waals surface area contributed by atoms with Gasteiger partial charge in [0.15, 0.2) is 0 Å². The fourth-order valence-corrected chi connectivity index (χ4v) is 2.38. The molecule has 1 saturated heterocycles. The summed E-state index contributed by atoms with van der Waals surface area (Å²) in [5, 5.41) is 15.7. The van der Waals surface area contributed by atoms with Crippen LogP contribution in [0.3, 0.4) is 0 Å². The summed E-state index contributed by atoms with van der Waals surface area (Å²) in [6, 6.07) is -2.79. The van der Waals surface area contributed by atoms with Gasteiger partial charge in [-0.15, -0.1) is 0 Å². The number of hydrogen-bond donors (Lipinski definition) is 3. The molecule has 1 rings (SSSR count). The second-order valence-electron chi connectivity index (χ2n) is 5.92. The van der Waals surface area contributed by atoms with Crippen LogP contribution in [-0.2, 0) is 14.4 Å². The number of aliphatic hydroxyl groups is 1. The predicted octanol–water partition coefficient (Wildman–Crippen LogP) is -0.727. The zero-order valence-corrected chi connectivity index (χ0v) is 13.3. The van der Waals surface area contributed by atoms with Crippen molar-refractivity contribution in [3.05, 3.63) is 10.4 Å². The number of carbonyl (C=O) groups excluding carboxylic acids is 3. The Morgan fingerprint density at radius 2 is 2.00 bits per heavy atom. The van der Waals surface area contributed by atoms with E-state index in [-0.39, 0.29) is 18.9 Å². The molecule has 0 saturated carbocycles. The molecule has 0 aromatic carbocycles. The van der Waals surface area contributed by atoms with Crippen molar-refractivity contribution in [3.63, 3.8) is 0 Å². The molecule has 128 valence electrons. The van der Waals surface area contributed by atoms with Crippen molar-refractivity contribution in [2.75, 3.05) is 6.54 Å². The highest BCUT2D eigenvalue weighted by molar-refractivity contribution is 5.93. The number of rotatable bonds is 6. The first-order valence-electron chi connectivity index (χ1n) is 7.31. The molecule has 0 spiro atoms. The normalized spacial score (nSPS) is 23.1. The van der Waals surface area contributed by atoms with Gasteiger partial charge in [0, 0.05) is 17.9 Å². The van der Waals surface area contributed by atoms with Crippen molar-refractivity contribution in [2.24, 2.45) is 16.8 Å². The first kappa shape index (κ1) is 18.7. The Labute approximate surface area is 133 Å². The lowest BCUT2D eigenvalue weighted by atomic mass is 10.0. The maximum Gasteiger partial charge on any atom is 0.243 e. The summed E-state index contributed by atoms with van der Waals surface area (Å²) in [7, 11) is 0. The molecule has 0 bridgehead atoms. The average molecular weight is 326 g/mol. The van der Waals surface area contributed by atoms with E-state index in [1.165, 1.54) is 11.8 Å². The molecule has 23 heavy (non-hydrogen) atoms. The molecule has 1 fully saturated rings. The third kappa shape index (κ3) is 4.57. The second kappa shape index (κ2) is 7.80. The van der Waals surface area contributed by atoms with E-state index in [2.05, 4.69) is 15.3 Å². The lowest BCUT2D eigenvalue weighted by molar-refractivity contribution is -0.140. The maximum atomic E-state index is 12.5. The molecule has 3 amide bonds. The summed E-state index contributed by atoms with van der Waals surface area (Å²) in [5.74, 6) is -2.07. The molecule has 1 aliphatic heterocycles. The maximum absolute atomic E-state index is 12.5. The number of nitrogens with zero attached hydrogens (tertiary/aromatic N) is 4. The van der Waals surface area contributed by atoms with Gasteiger partial charge < -0.3 is 21.1 Å². The van der Waals surface area contributed by atoms with Gasteiger partial charge in [-0.3, -0.25) is 14.4 Å². The van der Waals surface area contributed by atoms with E-state index < -0.39 is 42.0 Å². The Hall–Kier alpha value is -2.32. The quantitative estimate of drug-likeness (QED) is 0.333. The first-order chi connectivity index (χ1) is 10.7. The highest BCUT2D eigenvalue weighted by atomic mass is 16.3. The molecule has 10 heteroatoms. The van der Waals surface area contributed by atoms with Gasteiger partial charge in [-0.25, -0.2) is 0 Å². The third-order valence-electron chi connectivity index (χ3n) is 3.71. The summed E-state index contributed by atoms with van der Waals surface area (Å²) in [5.41, 5.74) is 13.7. The van der Waals surface area contributed by atoms with Crippen molar-refractivity contribution in [1.29, 1.82) is 0 Å². The molecule has 1 aliphatic rings. The zero-order chi connectivity index (χ0) is 17.7. The van der Waals surface area contributed by atoms with Crippen LogP contribution in [0.2, 0.25) is 0 Å². The minimum Gasteiger partial charge on any atom is -0.391 e. The number of primary amides is 1. The molecule has 1 heterocycles. The average Bonchev–Trinajstić information content (AvgIpc) is 2.85. The fourth-order valence-electron chi connectivity index (χ4n) is 2.38. The van der Waals surface area contributed by atoms with Gasteiger partial charge in [0.05, 0.1) is 6.10 Å². The third-order valence-corrected chi connectivity index (χ3v) is 3.71. The molecule has 0 aromatic heterocycles. The predicted molar refractivity (Wildman–Crippen MR) is 80.7 cm³/mol. The number of amides is 3. The lowest BCUT2D eigenvalue weighted by Gasteiger charge is -2.28. The monoisotopic (exact) mass is 326 g/mol. The standard InChI is InChI=1S/C13H22N6O4/c1-6(2)10(17-18-15)13(23)19-5-8(20)4-9(19)12(22)16-7(3)11(14)21/h6-10,20H,4-5H2,1-3H3,(H2,14,21)(H,16,22)/t7-,8-,9+,10?/m1/s1. The second-order valence-corrected chi connectivity index (χ2v) is 5.92. The van der Waals surface area contributed by atoms with Gasteiger partial charge in [0.1, 0.15) is 18.1 Å². The van der Waals surface area contributed by atoms with E-state index in [4.69, 9.17) is 11.3 Å². The van der Waals surface area contributed by atoms with Gasteiger partial charge in [-0.2, -0.15) is 0 Å². The number of hydrogen-bond acceptors (Lipinski definition) is 5. The van der Waals surface area contributed by atoms with E-state index >= 15 is 0 Å². The Kier molecular flexibility index (Phi) is 6.35. The molecule has 0 radical (unpaired) electrons. The minimum absolute atomic E-state index is 0.0357. The number of nitrogens with two attached hydrogens (primary N) is 1. The van der Waals surface area contributed by atoms with Crippen molar-refractivity contribution in [2.45, 2.75) is 51.4 Å². The molecular weight excluding hydrogens is 304 g/mol. The van der Waals surface area contributed by atoms with Crippen LogP contribution < -0.4 is 11.1 Å². The van der Waals surface area contributed by atoms with Crippen LogP contribution in [-0.4, -0.2) is 58.5 Å². The van der Waals surface area contributed by atoms with Gasteiger partial charge >= 0.3 is 0 Å². The fraction of sp³-hybridized carbons (Fsp3) is 0.769. The van der Waals surface area contributed by atoms with E-state index in [0.717, 1.165) is 0 Å². The minimum atomic E-state index is -0.964. The van der Waals surface area contributed by atoms with Gasteiger partial charge in [0.25, 0.3) is 0 Å². The van der Waals surface area contributed by atoms with Crippen molar-refractivity contribution in [3.8, 4) is 0 Å². The summed E-state index contributed by atoms with van der Waals surface area (Å²) in [4.78, 5) is 39.7.